The molecular formula is C23H31N5O. The molecule has 3 saturated heterocycles. The molecule has 1 amide bonds. The number of hydrogen-bond acceptors (Lipinski definition) is 4. The molecule has 2 N–H and O–H groups in total. The van der Waals surface area contributed by atoms with Crippen molar-refractivity contribution in [2.45, 2.75) is 69.2 Å². The van der Waals surface area contributed by atoms with E-state index in [1.165, 1.54) is 18.4 Å². The summed E-state index contributed by atoms with van der Waals surface area (Å²) in [6.45, 7) is 3.04. The van der Waals surface area contributed by atoms with Gasteiger partial charge in [-0.2, -0.15) is 5.10 Å². The molecule has 3 atom stereocenters. The zero-order valence-electron chi connectivity index (χ0n) is 17.0. The maximum Gasteiger partial charge on any atom is 0.271 e. The fourth-order valence-corrected chi connectivity index (χ4v) is 5.43. The van der Waals surface area contributed by atoms with Crippen LogP contribution >= 0.6 is 0 Å². The molecule has 6 nitrogen and oxygen atoms in total. The molecule has 29 heavy (non-hydrogen) atoms. The fourth-order valence-electron chi connectivity index (χ4n) is 5.43. The molecule has 154 valence electrons. The smallest absolute Gasteiger partial charge is 0.271 e. The number of aromatic nitrogens is 2. The summed E-state index contributed by atoms with van der Waals surface area (Å²) in [6, 6.07) is 14.4. The number of carbonyl (C=O) groups excluding carboxylic acids is 1. The summed E-state index contributed by atoms with van der Waals surface area (Å²) in [5.74, 6) is -0.0200. The van der Waals surface area contributed by atoms with Crippen LogP contribution in [-0.2, 0) is 6.54 Å². The van der Waals surface area contributed by atoms with Gasteiger partial charge in [0.25, 0.3) is 5.91 Å². The van der Waals surface area contributed by atoms with Crippen molar-refractivity contribution in [3.8, 4) is 0 Å². The van der Waals surface area contributed by atoms with Crippen LogP contribution in [0.15, 0.2) is 42.6 Å². The van der Waals surface area contributed by atoms with Gasteiger partial charge in [0.1, 0.15) is 5.69 Å². The quantitative estimate of drug-likeness (QED) is 0.820. The highest BCUT2D eigenvalue weighted by molar-refractivity contribution is 5.92. The van der Waals surface area contributed by atoms with Crippen LogP contribution in [0.4, 0.5) is 0 Å². The number of benzene rings is 1. The van der Waals surface area contributed by atoms with Crippen molar-refractivity contribution in [1.82, 2.24) is 25.3 Å². The summed E-state index contributed by atoms with van der Waals surface area (Å²) in [4.78, 5) is 15.5. The lowest BCUT2D eigenvalue weighted by molar-refractivity contribution is 0.0822. The summed E-state index contributed by atoms with van der Waals surface area (Å²) >= 11 is 0. The van der Waals surface area contributed by atoms with E-state index in [4.69, 9.17) is 0 Å². The molecule has 0 spiro atoms. The lowest BCUT2D eigenvalue weighted by Gasteiger charge is -2.39. The predicted octanol–water partition coefficient (Wildman–Crippen LogP) is 2.73. The predicted molar refractivity (Wildman–Crippen MR) is 113 cm³/mol. The number of piperidine rings is 2. The Kier molecular flexibility index (Phi) is 5.38. The van der Waals surface area contributed by atoms with E-state index in [1.54, 1.807) is 0 Å². The van der Waals surface area contributed by atoms with Gasteiger partial charge in [0.2, 0.25) is 0 Å². The van der Waals surface area contributed by atoms with Gasteiger partial charge in [-0.3, -0.25) is 14.4 Å². The van der Waals surface area contributed by atoms with Crippen LogP contribution in [0, 0.1) is 0 Å². The normalized spacial score (nSPS) is 29.7. The highest BCUT2D eigenvalue weighted by Gasteiger charge is 2.41. The number of nitrogens with zero attached hydrogens (tertiary/aromatic N) is 3. The second-order valence-corrected chi connectivity index (χ2v) is 8.87. The Hall–Kier alpha value is -2.18. The molecule has 3 aliphatic heterocycles. The Bertz CT molecular complexity index is 815. The van der Waals surface area contributed by atoms with Crippen molar-refractivity contribution >= 4 is 5.91 Å². The molecule has 6 heteroatoms. The average molecular weight is 394 g/mol. The first-order chi connectivity index (χ1) is 14.3. The van der Waals surface area contributed by atoms with Crippen LogP contribution in [-0.4, -0.2) is 51.8 Å². The maximum absolute atomic E-state index is 12.8. The lowest BCUT2D eigenvalue weighted by atomic mass is 9.96. The van der Waals surface area contributed by atoms with Gasteiger partial charge in [-0.25, -0.2) is 0 Å². The van der Waals surface area contributed by atoms with E-state index >= 15 is 0 Å². The second kappa shape index (κ2) is 8.28. The van der Waals surface area contributed by atoms with E-state index in [1.807, 2.05) is 16.9 Å². The molecule has 3 unspecified atom stereocenters. The molecule has 1 aromatic carbocycles. The third-order valence-electron chi connectivity index (χ3n) is 6.91. The van der Waals surface area contributed by atoms with E-state index in [0.29, 0.717) is 23.8 Å². The monoisotopic (exact) mass is 393 g/mol. The van der Waals surface area contributed by atoms with Crippen molar-refractivity contribution in [2.75, 3.05) is 13.1 Å². The molecule has 4 heterocycles. The molecule has 3 aliphatic rings. The van der Waals surface area contributed by atoms with Gasteiger partial charge in [0.05, 0.1) is 6.04 Å². The molecule has 5 rings (SSSR count). The van der Waals surface area contributed by atoms with E-state index < -0.39 is 0 Å². The molecule has 0 radical (unpaired) electrons. The van der Waals surface area contributed by atoms with Crippen LogP contribution in [0.3, 0.4) is 0 Å². The van der Waals surface area contributed by atoms with E-state index in [-0.39, 0.29) is 11.9 Å². The van der Waals surface area contributed by atoms with Gasteiger partial charge in [0, 0.05) is 37.4 Å². The third kappa shape index (κ3) is 4.09. The fraction of sp³-hybridized carbons (Fsp3) is 0.565. The van der Waals surface area contributed by atoms with Gasteiger partial charge in [-0.05, 0) is 56.7 Å². The molecular weight excluding hydrogens is 362 g/mol. The zero-order valence-corrected chi connectivity index (χ0v) is 17.0. The third-order valence-corrected chi connectivity index (χ3v) is 6.91. The molecule has 2 aromatic rings. The lowest BCUT2D eigenvalue weighted by Crippen LogP contribution is -2.50. The van der Waals surface area contributed by atoms with Crippen molar-refractivity contribution < 1.29 is 4.79 Å². The topological polar surface area (TPSA) is 62.2 Å². The van der Waals surface area contributed by atoms with Gasteiger partial charge in [0.15, 0.2) is 0 Å². The van der Waals surface area contributed by atoms with Crippen LogP contribution in [0.25, 0.3) is 0 Å². The summed E-state index contributed by atoms with van der Waals surface area (Å²) in [5, 5.41) is 11.3. The Morgan fingerprint density at radius 1 is 1.07 bits per heavy atom. The molecule has 2 bridgehead atoms. The minimum Gasteiger partial charge on any atom is -0.348 e. The minimum atomic E-state index is -0.0200. The number of carbonyl (C=O) groups is 1. The molecule has 0 saturated carbocycles. The number of amides is 1. The minimum absolute atomic E-state index is 0.0200. The van der Waals surface area contributed by atoms with Gasteiger partial charge < -0.3 is 10.6 Å². The number of hydrogen-bond donors (Lipinski definition) is 2. The molecule has 1 aromatic heterocycles. The van der Waals surface area contributed by atoms with Crippen LogP contribution < -0.4 is 10.6 Å². The highest BCUT2D eigenvalue weighted by atomic mass is 16.2. The summed E-state index contributed by atoms with van der Waals surface area (Å²) < 4.78 is 1.97. The number of nitrogens with one attached hydrogen (secondary N) is 2. The molecule has 3 fully saturated rings. The van der Waals surface area contributed by atoms with Crippen molar-refractivity contribution in [1.29, 1.82) is 0 Å². The van der Waals surface area contributed by atoms with Gasteiger partial charge in [-0.15, -0.1) is 0 Å². The van der Waals surface area contributed by atoms with Crippen LogP contribution in [0.5, 0.6) is 0 Å². The standard InChI is InChI=1S/C23H31N5O/c29-23(22-10-12-28(26-22)21-7-4-11-24-15-21)25-18-13-19-8-9-20(14-18)27(19)16-17-5-2-1-3-6-17/h1-3,5-6,10,12,18-21,24H,4,7-9,11,13-16H2,(H,25,29). The average Bonchev–Trinajstić information content (AvgIpc) is 3.33. The first-order valence-electron chi connectivity index (χ1n) is 11.1. The summed E-state index contributed by atoms with van der Waals surface area (Å²) in [5.41, 5.74) is 1.93. The Balaban J connectivity index is 1.18. The summed E-state index contributed by atoms with van der Waals surface area (Å²) in [6.07, 6.45) is 8.82. The van der Waals surface area contributed by atoms with Gasteiger partial charge in [-0.1, -0.05) is 30.3 Å². The first-order valence-corrected chi connectivity index (χ1v) is 11.1. The maximum atomic E-state index is 12.8. The Morgan fingerprint density at radius 3 is 2.59 bits per heavy atom. The van der Waals surface area contributed by atoms with E-state index in [0.717, 1.165) is 45.3 Å². The van der Waals surface area contributed by atoms with Crippen LogP contribution in [0.2, 0.25) is 0 Å². The van der Waals surface area contributed by atoms with Crippen LogP contribution in [0.1, 0.15) is 60.6 Å². The molecule has 0 aliphatic carbocycles. The summed E-state index contributed by atoms with van der Waals surface area (Å²) in [7, 11) is 0. The SMILES string of the molecule is O=C(NC1CC2CCC(C1)N2Cc1ccccc1)c1ccn(C2CCCNC2)n1. The number of rotatable bonds is 5. The van der Waals surface area contributed by atoms with Gasteiger partial charge >= 0.3 is 0 Å². The van der Waals surface area contributed by atoms with Crippen molar-refractivity contribution in [3.05, 3.63) is 53.9 Å². The Morgan fingerprint density at radius 2 is 1.86 bits per heavy atom. The second-order valence-electron chi connectivity index (χ2n) is 8.87. The van der Waals surface area contributed by atoms with E-state index in [9.17, 15) is 4.79 Å². The zero-order chi connectivity index (χ0) is 19.6. The highest BCUT2D eigenvalue weighted by Crippen LogP contribution is 2.36. The Labute approximate surface area is 172 Å². The van der Waals surface area contributed by atoms with Crippen molar-refractivity contribution in [2.24, 2.45) is 0 Å². The number of fused-ring (bicyclic) bond motifs is 2. The van der Waals surface area contributed by atoms with E-state index in [2.05, 4.69) is 51.0 Å². The largest absolute Gasteiger partial charge is 0.348 e. The first kappa shape index (κ1) is 18.8. The van der Waals surface area contributed by atoms with Crippen molar-refractivity contribution in [3.63, 3.8) is 0 Å².